The standard InChI is InChI=1S/C21H14N2O4S2/c1-27-17-8-2-13(3-9-17)10-14(12-22)11-18-19(24)23(21(28)29-18)16-6-4-15(5-7-16)20(25)26/h2-11H,1H3,(H,25,26)/b14-10-,18-11-. The number of amides is 1. The summed E-state index contributed by atoms with van der Waals surface area (Å²) in [5, 5.41) is 18.5. The van der Waals surface area contributed by atoms with Gasteiger partial charge in [-0.3, -0.25) is 9.69 Å². The number of ether oxygens (including phenoxy) is 1. The molecule has 2 aromatic carbocycles. The molecule has 0 saturated carbocycles. The number of hydrogen-bond acceptors (Lipinski definition) is 6. The van der Waals surface area contributed by atoms with Crippen molar-refractivity contribution in [2.75, 3.05) is 12.0 Å². The molecule has 0 bridgehead atoms. The number of carbonyl (C=O) groups is 2. The average molecular weight is 422 g/mol. The van der Waals surface area contributed by atoms with Crippen LogP contribution in [-0.2, 0) is 4.79 Å². The van der Waals surface area contributed by atoms with Crippen LogP contribution in [0.2, 0.25) is 0 Å². The van der Waals surface area contributed by atoms with Crippen LogP contribution in [0.3, 0.4) is 0 Å². The molecule has 0 atom stereocenters. The van der Waals surface area contributed by atoms with Crippen LogP contribution >= 0.6 is 24.0 Å². The number of nitrogens with zero attached hydrogens (tertiary/aromatic N) is 2. The Kier molecular flexibility index (Phi) is 6.12. The number of thioether (sulfide) groups is 1. The monoisotopic (exact) mass is 422 g/mol. The van der Waals surface area contributed by atoms with E-state index in [9.17, 15) is 14.9 Å². The van der Waals surface area contributed by atoms with E-state index in [1.54, 1.807) is 37.5 Å². The van der Waals surface area contributed by atoms with Crippen LogP contribution in [0.25, 0.3) is 6.08 Å². The summed E-state index contributed by atoms with van der Waals surface area (Å²) in [6.45, 7) is 0. The first kappa shape index (κ1) is 20.3. The number of methoxy groups -OCH3 is 1. The van der Waals surface area contributed by atoms with E-state index in [2.05, 4.69) is 6.07 Å². The van der Waals surface area contributed by atoms with Gasteiger partial charge in [0.05, 0.1) is 34.9 Å². The molecular formula is C21H14N2O4S2. The molecule has 0 spiro atoms. The van der Waals surface area contributed by atoms with Crippen LogP contribution in [0, 0.1) is 11.3 Å². The molecule has 0 radical (unpaired) electrons. The third-order valence-corrected chi connectivity index (χ3v) is 5.32. The van der Waals surface area contributed by atoms with Gasteiger partial charge in [0, 0.05) is 0 Å². The van der Waals surface area contributed by atoms with Crippen LogP contribution in [-0.4, -0.2) is 28.4 Å². The fourth-order valence-corrected chi connectivity index (χ4v) is 3.86. The van der Waals surface area contributed by atoms with Crippen LogP contribution < -0.4 is 9.64 Å². The quantitative estimate of drug-likeness (QED) is 0.438. The molecule has 1 saturated heterocycles. The Labute approximate surface area is 176 Å². The molecule has 1 heterocycles. The second kappa shape index (κ2) is 8.73. The van der Waals surface area contributed by atoms with Gasteiger partial charge in [-0.25, -0.2) is 4.79 Å². The maximum absolute atomic E-state index is 12.8. The van der Waals surface area contributed by atoms with E-state index >= 15 is 0 Å². The van der Waals surface area contributed by atoms with Gasteiger partial charge in [-0.2, -0.15) is 5.26 Å². The predicted molar refractivity (Wildman–Crippen MR) is 116 cm³/mol. The van der Waals surface area contributed by atoms with Crippen LogP contribution in [0.4, 0.5) is 5.69 Å². The smallest absolute Gasteiger partial charge is 0.335 e. The van der Waals surface area contributed by atoms with Crippen molar-refractivity contribution in [2.24, 2.45) is 0 Å². The summed E-state index contributed by atoms with van der Waals surface area (Å²) in [5.41, 5.74) is 1.68. The van der Waals surface area contributed by atoms with Gasteiger partial charge in [-0.1, -0.05) is 36.1 Å². The largest absolute Gasteiger partial charge is 0.497 e. The zero-order chi connectivity index (χ0) is 21.0. The lowest BCUT2D eigenvalue weighted by molar-refractivity contribution is -0.113. The summed E-state index contributed by atoms with van der Waals surface area (Å²) in [5.74, 6) is -0.710. The van der Waals surface area contributed by atoms with Crippen molar-refractivity contribution in [3.63, 3.8) is 0 Å². The lowest BCUT2D eigenvalue weighted by Gasteiger charge is -2.14. The first-order valence-corrected chi connectivity index (χ1v) is 9.52. The number of carboxylic acids is 1. The Morgan fingerprint density at radius 2 is 1.86 bits per heavy atom. The lowest BCUT2D eigenvalue weighted by atomic mass is 10.1. The predicted octanol–water partition coefficient (Wildman–Crippen LogP) is 4.25. The number of benzene rings is 2. The highest BCUT2D eigenvalue weighted by molar-refractivity contribution is 8.27. The fraction of sp³-hybridized carbons (Fsp3) is 0.0476. The van der Waals surface area contributed by atoms with Crippen molar-refractivity contribution in [1.82, 2.24) is 0 Å². The summed E-state index contributed by atoms with van der Waals surface area (Å²) in [7, 11) is 1.57. The molecule has 1 amide bonds. The lowest BCUT2D eigenvalue weighted by Crippen LogP contribution is -2.27. The minimum atomic E-state index is -1.05. The second-order valence-electron chi connectivity index (χ2n) is 5.85. The summed E-state index contributed by atoms with van der Waals surface area (Å²) in [6.07, 6.45) is 3.16. The average Bonchev–Trinajstić information content (AvgIpc) is 3.01. The summed E-state index contributed by atoms with van der Waals surface area (Å²) < 4.78 is 5.42. The normalized spacial score (nSPS) is 15.5. The number of hydrogen-bond donors (Lipinski definition) is 1. The minimum Gasteiger partial charge on any atom is -0.497 e. The molecule has 0 aliphatic carbocycles. The Hall–Kier alpha value is -3.41. The maximum Gasteiger partial charge on any atom is 0.335 e. The number of anilines is 1. The minimum absolute atomic E-state index is 0.115. The molecule has 1 fully saturated rings. The molecule has 1 aliphatic heterocycles. The van der Waals surface area contributed by atoms with Crippen molar-refractivity contribution >= 4 is 51.9 Å². The molecule has 2 aromatic rings. The van der Waals surface area contributed by atoms with Gasteiger partial charge >= 0.3 is 5.97 Å². The third-order valence-electron chi connectivity index (χ3n) is 4.02. The van der Waals surface area contributed by atoms with E-state index in [-0.39, 0.29) is 11.5 Å². The van der Waals surface area contributed by atoms with E-state index in [0.717, 1.165) is 17.3 Å². The van der Waals surface area contributed by atoms with Crippen molar-refractivity contribution in [3.05, 3.63) is 76.2 Å². The van der Waals surface area contributed by atoms with Crippen LogP contribution in [0.15, 0.2) is 65.1 Å². The third kappa shape index (κ3) is 4.54. The number of allylic oxidation sites excluding steroid dienone is 2. The zero-order valence-corrected chi connectivity index (χ0v) is 16.8. The summed E-state index contributed by atoms with van der Waals surface area (Å²) >= 11 is 6.39. The van der Waals surface area contributed by atoms with Gasteiger partial charge in [0.15, 0.2) is 4.32 Å². The molecule has 3 rings (SSSR count). The number of rotatable bonds is 5. The molecule has 0 aromatic heterocycles. The van der Waals surface area contributed by atoms with Gasteiger partial charge in [0.2, 0.25) is 0 Å². The first-order valence-electron chi connectivity index (χ1n) is 8.30. The SMILES string of the molecule is COc1ccc(/C=C(C#N)/C=C2\SC(=S)N(c3ccc(C(=O)O)cc3)C2=O)cc1. The Balaban J connectivity index is 1.86. The Morgan fingerprint density at radius 3 is 2.41 bits per heavy atom. The number of thiocarbonyl (C=S) groups is 1. The van der Waals surface area contributed by atoms with Crippen LogP contribution in [0.5, 0.6) is 5.75 Å². The Bertz CT molecular complexity index is 1080. The van der Waals surface area contributed by atoms with Crippen molar-refractivity contribution in [2.45, 2.75) is 0 Å². The van der Waals surface area contributed by atoms with Crippen molar-refractivity contribution in [1.29, 1.82) is 5.26 Å². The number of nitriles is 1. The van der Waals surface area contributed by atoms with E-state index in [1.807, 2.05) is 0 Å². The molecule has 29 heavy (non-hydrogen) atoms. The first-order chi connectivity index (χ1) is 13.9. The molecule has 1 aliphatic rings. The van der Waals surface area contributed by atoms with Gasteiger partial charge in [0.1, 0.15) is 5.75 Å². The summed E-state index contributed by atoms with van der Waals surface area (Å²) in [6, 6.07) is 15.1. The number of aromatic carboxylic acids is 1. The van der Waals surface area contributed by atoms with Crippen molar-refractivity contribution in [3.8, 4) is 11.8 Å². The van der Waals surface area contributed by atoms with Gasteiger partial charge in [-0.05, 0) is 54.1 Å². The van der Waals surface area contributed by atoms with Crippen molar-refractivity contribution < 1.29 is 19.4 Å². The topological polar surface area (TPSA) is 90.6 Å². The molecule has 0 unspecified atom stereocenters. The fourth-order valence-electron chi connectivity index (χ4n) is 2.57. The maximum atomic E-state index is 12.8. The molecule has 144 valence electrons. The van der Waals surface area contributed by atoms with Gasteiger partial charge in [-0.15, -0.1) is 0 Å². The molecule has 8 heteroatoms. The highest BCUT2D eigenvalue weighted by Gasteiger charge is 2.33. The highest BCUT2D eigenvalue weighted by atomic mass is 32.2. The van der Waals surface area contributed by atoms with Crippen LogP contribution in [0.1, 0.15) is 15.9 Å². The zero-order valence-electron chi connectivity index (χ0n) is 15.2. The highest BCUT2D eigenvalue weighted by Crippen LogP contribution is 2.35. The van der Waals surface area contributed by atoms with E-state index in [0.29, 0.717) is 26.2 Å². The van der Waals surface area contributed by atoms with E-state index in [1.165, 1.54) is 35.2 Å². The van der Waals surface area contributed by atoms with E-state index < -0.39 is 5.97 Å². The number of carbonyl (C=O) groups excluding carboxylic acids is 1. The van der Waals surface area contributed by atoms with E-state index in [4.69, 9.17) is 22.1 Å². The molecule has 1 N–H and O–H groups in total. The molecule has 6 nitrogen and oxygen atoms in total. The van der Waals surface area contributed by atoms with Gasteiger partial charge in [0.25, 0.3) is 5.91 Å². The Morgan fingerprint density at radius 1 is 1.21 bits per heavy atom. The van der Waals surface area contributed by atoms with Gasteiger partial charge < -0.3 is 9.84 Å². The summed E-state index contributed by atoms with van der Waals surface area (Å²) in [4.78, 5) is 25.4. The number of carboxylic acid groups (broad SMARTS) is 1. The molecular weight excluding hydrogens is 408 g/mol. The second-order valence-corrected chi connectivity index (χ2v) is 7.53.